The van der Waals surface area contributed by atoms with E-state index >= 15 is 0 Å². The Balaban J connectivity index is 2.19. The minimum Gasteiger partial charge on any atom is -0.354 e. The van der Waals surface area contributed by atoms with Gasteiger partial charge in [0.05, 0.1) is 0 Å². The molecule has 2 heteroatoms. The summed E-state index contributed by atoms with van der Waals surface area (Å²) in [6, 6.07) is 2.73. The van der Waals surface area contributed by atoms with Gasteiger partial charge in [0, 0.05) is 25.0 Å². The van der Waals surface area contributed by atoms with Gasteiger partial charge in [-0.15, -0.1) is 0 Å². The van der Waals surface area contributed by atoms with Crippen molar-refractivity contribution in [3.8, 4) is 0 Å². The second-order valence-corrected chi connectivity index (χ2v) is 5.63. The molecule has 1 N–H and O–H groups in total. The molecule has 0 aliphatic rings. The first-order valence-corrected chi connectivity index (χ1v) is 8.17. The maximum atomic E-state index is 3.54. The van der Waals surface area contributed by atoms with Crippen LogP contribution in [-0.4, -0.2) is 11.1 Å². The van der Waals surface area contributed by atoms with E-state index in [-0.39, 0.29) is 0 Å². The molecule has 0 radical (unpaired) electrons. The highest BCUT2D eigenvalue weighted by Gasteiger charge is 2.05. The molecule has 0 aliphatic carbocycles. The van der Waals surface area contributed by atoms with Gasteiger partial charge in [0.15, 0.2) is 0 Å². The summed E-state index contributed by atoms with van der Waals surface area (Å²) in [5, 5.41) is 3.54. The van der Waals surface area contributed by atoms with Gasteiger partial charge in [0.25, 0.3) is 0 Å². The average molecular weight is 264 g/mol. The standard InChI is InChI=1S/C17H32N2/c1-4-6-7-8-9-10-13-19-14-11-17(15-19)16(3)18-12-5-2/h11,14-16,18H,4-10,12-13H2,1-3H3. The molecule has 19 heavy (non-hydrogen) atoms. The monoisotopic (exact) mass is 264 g/mol. The van der Waals surface area contributed by atoms with Crippen LogP contribution in [0.2, 0.25) is 0 Å². The fourth-order valence-electron chi connectivity index (χ4n) is 2.41. The van der Waals surface area contributed by atoms with E-state index in [0.29, 0.717) is 6.04 Å². The van der Waals surface area contributed by atoms with Gasteiger partial charge < -0.3 is 9.88 Å². The summed E-state index contributed by atoms with van der Waals surface area (Å²) in [6.45, 7) is 9.01. The molecule has 0 aliphatic heterocycles. The molecular weight excluding hydrogens is 232 g/mol. The summed E-state index contributed by atoms with van der Waals surface area (Å²) in [4.78, 5) is 0. The van der Waals surface area contributed by atoms with Gasteiger partial charge in [0.2, 0.25) is 0 Å². The van der Waals surface area contributed by atoms with Gasteiger partial charge in [-0.3, -0.25) is 0 Å². The summed E-state index contributed by atoms with van der Waals surface area (Å²) in [7, 11) is 0. The van der Waals surface area contributed by atoms with E-state index in [2.05, 4.69) is 49.1 Å². The fraction of sp³-hybridized carbons (Fsp3) is 0.765. The molecule has 2 nitrogen and oxygen atoms in total. The highest BCUT2D eigenvalue weighted by atomic mass is 15.0. The molecule has 0 bridgehead atoms. The van der Waals surface area contributed by atoms with Crippen molar-refractivity contribution >= 4 is 0 Å². The molecule has 0 saturated carbocycles. The number of hydrogen-bond acceptors (Lipinski definition) is 1. The van der Waals surface area contributed by atoms with Gasteiger partial charge in [-0.1, -0.05) is 46.0 Å². The lowest BCUT2D eigenvalue weighted by atomic mass is 10.1. The van der Waals surface area contributed by atoms with Crippen LogP contribution in [0.3, 0.4) is 0 Å². The molecule has 1 unspecified atom stereocenters. The quantitative estimate of drug-likeness (QED) is 0.562. The van der Waals surface area contributed by atoms with Crippen LogP contribution in [0, 0.1) is 0 Å². The molecule has 0 aromatic carbocycles. The first-order valence-electron chi connectivity index (χ1n) is 8.17. The van der Waals surface area contributed by atoms with E-state index < -0.39 is 0 Å². The number of nitrogens with one attached hydrogen (secondary N) is 1. The summed E-state index contributed by atoms with van der Waals surface area (Å²) < 4.78 is 2.35. The zero-order chi connectivity index (χ0) is 13.9. The zero-order valence-electron chi connectivity index (χ0n) is 13.1. The highest BCUT2D eigenvalue weighted by Crippen LogP contribution is 2.14. The van der Waals surface area contributed by atoms with Crippen molar-refractivity contribution in [2.45, 2.75) is 78.3 Å². The van der Waals surface area contributed by atoms with Crippen LogP contribution in [0.5, 0.6) is 0 Å². The van der Waals surface area contributed by atoms with E-state index in [1.807, 2.05) is 0 Å². The highest BCUT2D eigenvalue weighted by molar-refractivity contribution is 5.14. The van der Waals surface area contributed by atoms with E-state index in [9.17, 15) is 0 Å². The van der Waals surface area contributed by atoms with Crippen LogP contribution in [-0.2, 0) is 6.54 Å². The molecule has 0 amide bonds. The number of hydrogen-bond donors (Lipinski definition) is 1. The van der Waals surface area contributed by atoms with Crippen LogP contribution in [0.15, 0.2) is 18.5 Å². The molecule has 110 valence electrons. The van der Waals surface area contributed by atoms with Gasteiger partial charge in [-0.05, 0) is 37.9 Å². The van der Waals surface area contributed by atoms with Gasteiger partial charge in [-0.2, -0.15) is 0 Å². The van der Waals surface area contributed by atoms with Gasteiger partial charge in [-0.25, -0.2) is 0 Å². The lowest BCUT2D eigenvalue weighted by Gasteiger charge is -2.11. The van der Waals surface area contributed by atoms with Crippen LogP contribution < -0.4 is 5.32 Å². The summed E-state index contributed by atoms with van der Waals surface area (Å²) in [5.74, 6) is 0. The van der Waals surface area contributed by atoms with Crippen molar-refractivity contribution in [3.63, 3.8) is 0 Å². The first-order chi connectivity index (χ1) is 9.27. The van der Waals surface area contributed by atoms with E-state index in [1.165, 1.54) is 57.1 Å². The van der Waals surface area contributed by atoms with E-state index in [1.54, 1.807) is 0 Å². The maximum absolute atomic E-state index is 3.54. The molecule has 0 saturated heterocycles. The molecule has 1 atom stereocenters. The molecular formula is C17H32N2. The SMILES string of the molecule is CCCCCCCCn1ccc(C(C)NCCC)c1. The van der Waals surface area contributed by atoms with Crippen molar-refractivity contribution in [3.05, 3.63) is 24.0 Å². The molecule has 1 rings (SSSR count). The average Bonchev–Trinajstić information content (AvgIpc) is 2.89. The normalized spacial score (nSPS) is 12.8. The maximum Gasteiger partial charge on any atom is 0.0306 e. The van der Waals surface area contributed by atoms with Crippen molar-refractivity contribution in [2.75, 3.05) is 6.54 Å². The summed E-state index contributed by atoms with van der Waals surface area (Å²) in [6.07, 6.45) is 14.0. The van der Waals surface area contributed by atoms with Crippen LogP contribution in [0.25, 0.3) is 0 Å². The fourth-order valence-corrected chi connectivity index (χ4v) is 2.41. The van der Waals surface area contributed by atoms with Crippen molar-refractivity contribution in [1.29, 1.82) is 0 Å². The lowest BCUT2D eigenvalue weighted by Crippen LogP contribution is -2.18. The molecule has 1 aromatic rings. The topological polar surface area (TPSA) is 17.0 Å². The number of nitrogens with zero attached hydrogens (tertiary/aromatic N) is 1. The largest absolute Gasteiger partial charge is 0.354 e. The van der Waals surface area contributed by atoms with Crippen LogP contribution in [0.1, 0.15) is 77.3 Å². The number of aromatic nitrogens is 1. The third-order valence-corrected chi connectivity index (χ3v) is 3.74. The second kappa shape index (κ2) is 10.1. The first kappa shape index (κ1) is 16.3. The molecule has 1 aromatic heterocycles. The van der Waals surface area contributed by atoms with Crippen molar-refractivity contribution < 1.29 is 0 Å². The Morgan fingerprint density at radius 1 is 1.05 bits per heavy atom. The predicted molar refractivity (Wildman–Crippen MR) is 84.5 cm³/mol. The van der Waals surface area contributed by atoms with Crippen molar-refractivity contribution in [2.24, 2.45) is 0 Å². The Morgan fingerprint density at radius 3 is 2.53 bits per heavy atom. The Kier molecular flexibility index (Phi) is 8.64. The Bertz CT molecular complexity index is 317. The summed E-state index contributed by atoms with van der Waals surface area (Å²) in [5.41, 5.74) is 1.42. The summed E-state index contributed by atoms with van der Waals surface area (Å²) >= 11 is 0. The van der Waals surface area contributed by atoms with E-state index in [4.69, 9.17) is 0 Å². The number of unbranched alkanes of at least 4 members (excludes halogenated alkanes) is 5. The van der Waals surface area contributed by atoms with Crippen molar-refractivity contribution in [1.82, 2.24) is 9.88 Å². The van der Waals surface area contributed by atoms with Crippen LogP contribution in [0.4, 0.5) is 0 Å². The number of aryl methyl sites for hydroxylation is 1. The van der Waals surface area contributed by atoms with Gasteiger partial charge >= 0.3 is 0 Å². The predicted octanol–water partition coefficient (Wildman–Crippen LogP) is 4.91. The minimum absolute atomic E-state index is 0.478. The smallest absolute Gasteiger partial charge is 0.0306 e. The molecule has 0 fully saturated rings. The minimum atomic E-state index is 0.478. The Hall–Kier alpha value is -0.760. The van der Waals surface area contributed by atoms with E-state index in [0.717, 1.165) is 6.54 Å². The Morgan fingerprint density at radius 2 is 1.79 bits per heavy atom. The number of rotatable bonds is 11. The molecule has 1 heterocycles. The zero-order valence-corrected chi connectivity index (χ0v) is 13.1. The third-order valence-electron chi connectivity index (χ3n) is 3.74. The third kappa shape index (κ3) is 6.81. The lowest BCUT2D eigenvalue weighted by molar-refractivity contribution is 0.551. The molecule has 0 spiro atoms. The second-order valence-electron chi connectivity index (χ2n) is 5.63. The Labute approximate surface area is 119 Å². The van der Waals surface area contributed by atoms with Gasteiger partial charge in [0.1, 0.15) is 0 Å². The van der Waals surface area contributed by atoms with Crippen LogP contribution >= 0.6 is 0 Å².